The van der Waals surface area contributed by atoms with E-state index in [0.717, 1.165) is 12.2 Å². The average Bonchev–Trinajstić information content (AvgIpc) is 2.78. The Hall–Kier alpha value is -1.80. The largest absolute Gasteiger partial charge is 0.354 e. The van der Waals surface area contributed by atoms with E-state index in [2.05, 4.69) is 24.5 Å². The third-order valence-corrected chi connectivity index (χ3v) is 2.69. The van der Waals surface area contributed by atoms with Crippen LogP contribution >= 0.6 is 0 Å². The van der Waals surface area contributed by atoms with E-state index in [1.54, 1.807) is 0 Å². The van der Waals surface area contributed by atoms with E-state index in [-0.39, 0.29) is 11.9 Å². The Bertz CT molecular complexity index is 419. The summed E-state index contributed by atoms with van der Waals surface area (Å²) >= 11 is 0. The minimum atomic E-state index is -0.0635. The van der Waals surface area contributed by atoms with Crippen LogP contribution in [0.4, 0.5) is 0 Å². The molecule has 0 aliphatic carbocycles. The molecule has 98 valence electrons. The van der Waals surface area contributed by atoms with E-state index in [9.17, 15) is 4.79 Å². The fourth-order valence-electron chi connectivity index (χ4n) is 1.84. The predicted molar refractivity (Wildman–Crippen MR) is 69.8 cm³/mol. The van der Waals surface area contributed by atoms with Gasteiger partial charge in [-0.15, -0.1) is 0 Å². The molecule has 1 amide bonds. The molecule has 2 N–H and O–H groups in total. The second kappa shape index (κ2) is 7.51. The predicted octanol–water partition coefficient (Wildman–Crippen LogP) is 1.19. The van der Waals surface area contributed by atoms with Gasteiger partial charge in [0.15, 0.2) is 0 Å². The molecule has 0 fully saturated rings. The van der Waals surface area contributed by atoms with Gasteiger partial charge in [0.1, 0.15) is 6.54 Å². The summed E-state index contributed by atoms with van der Waals surface area (Å²) in [6, 6.07) is 6.16. The van der Waals surface area contributed by atoms with E-state index < -0.39 is 0 Å². The third kappa shape index (κ3) is 4.22. The molecule has 0 bridgehead atoms. The number of carbonyl (C=O) groups is 1. The molecule has 18 heavy (non-hydrogen) atoms. The van der Waals surface area contributed by atoms with E-state index in [4.69, 9.17) is 5.26 Å². The van der Waals surface area contributed by atoms with E-state index >= 15 is 0 Å². The fourth-order valence-corrected chi connectivity index (χ4v) is 1.84. The second-order valence-corrected chi connectivity index (χ2v) is 4.10. The molecular formula is C13H20N4O. The molecule has 5 nitrogen and oxygen atoms in total. The highest BCUT2D eigenvalue weighted by Gasteiger charge is 2.10. The van der Waals surface area contributed by atoms with E-state index in [1.807, 2.05) is 29.0 Å². The molecule has 0 aliphatic rings. The average molecular weight is 248 g/mol. The van der Waals surface area contributed by atoms with Crippen molar-refractivity contribution in [3.8, 4) is 6.07 Å². The monoisotopic (exact) mass is 248 g/mol. The number of nitriles is 1. The van der Waals surface area contributed by atoms with Gasteiger partial charge in [-0.25, -0.2) is 0 Å². The smallest absolute Gasteiger partial charge is 0.239 e. The van der Waals surface area contributed by atoms with Crippen molar-refractivity contribution in [2.24, 2.45) is 0 Å². The van der Waals surface area contributed by atoms with Gasteiger partial charge in [0.25, 0.3) is 0 Å². The highest BCUT2D eigenvalue weighted by atomic mass is 16.1. The summed E-state index contributed by atoms with van der Waals surface area (Å²) < 4.78 is 1.93. The summed E-state index contributed by atoms with van der Waals surface area (Å²) in [5.41, 5.74) is 1.09. The number of hydrogen-bond donors (Lipinski definition) is 2. The Balaban J connectivity index is 2.54. The van der Waals surface area contributed by atoms with Gasteiger partial charge < -0.3 is 15.2 Å². The van der Waals surface area contributed by atoms with Gasteiger partial charge in [-0.1, -0.05) is 6.92 Å². The van der Waals surface area contributed by atoms with Crippen LogP contribution in [0.25, 0.3) is 0 Å². The maximum atomic E-state index is 11.7. The van der Waals surface area contributed by atoms with Crippen molar-refractivity contribution in [2.75, 3.05) is 13.1 Å². The number of hydrogen-bond acceptors (Lipinski definition) is 3. The summed E-state index contributed by atoms with van der Waals surface area (Å²) in [6.07, 6.45) is 2.24. The first-order valence-corrected chi connectivity index (χ1v) is 6.21. The molecule has 0 saturated carbocycles. The maximum Gasteiger partial charge on any atom is 0.239 e. The van der Waals surface area contributed by atoms with Crippen molar-refractivity contribution in [1.82, 2.24) is 15.2 Å². The fraction of sp³-hybridized carbons (Fsp3) is 0.538. The summed E-state index contributed by atoms with van der Waals surface area (Å²) in [4.78, 5) is 11.7. The lowest BCUT2D eigenvalue weighted by Gasteiger charge is -2.16. The summed E-state index contributed by atoms with van der Waals surface area (Å²) in [5.74, 6) is -0.0635. The molecule has 0 spiro atoms. The van der Waals surface area contributed by atoms with Crippen LogP contribution in [0.3, 0.4) is 0 Å². The van der Waals surface area contributed by atoms with Crippen molar-refractivity contribution in [3.05, 3.63) is 24.0 Å². The van der Waals surface area contributed by atoms with Crippen molar-refractivity contribution in [3.63, 3.8) is 0 Å². The molecule has 1 rings (SSSR count). The highest BCUT2D eigenvalue weighted by molar-refractivity contribution is 5.75. The van der Waals surface area contributed by atoms with Crippen molar-refractivity contribution >= 4 is 5.91 Å². The number of nitrogens with zero attached hydrogens (tertiary/aromatic N) is 2. The molecule has 0 aromatic carbocycles. The first-order valence-electron chi connectivity index (χ1n) is 6.21. The Morgan fingerprint density at radius 1 is 1.61 bits per heavy atom. The van der Waals surface area contributed by atoms with Crippen LogP contribution in [0.1, 0.15) is 32.0 Å². The first-order chi connectivity index (χ1) is 8.69. The van der Waals surface area contributed by atoms with Crippen molar-refractivity contribution in [2.45, 2.75) is 32.9 Å². The standard InChI is InChI=1S/C13H20N4O/c1-3-15-11(2)12-6-4-9-17(12)10-13(18)16-8-5-7-14/h4,6,9,11,15H,3,5,8,10H2,1-2H3,(H,16,18). The molecule has 0 aliphatic heterocycles. The van der Waals surface area contributed by atoms with Gasteiger partial charge >= 0.3 is 0 Å². The maximum absolute atomic E-state index is 11.7. The summed E-state index contributed by atoms with van der Waals surface area (Å²) in [6.45, 7) is 5.72. The zero-order chi connectivity index (χ0) is 13.4. The van der Waals surface area contributed by atoms with Crippen LogP contribution in [0.2, 0.25) is 0 Å². The number of nitrogens with one attached hydrogen (secondary N) is 2. The molecular weight excluding hydrogens is 228 g/mol. The van der Waals surface area contributed by atoms with E-state index in [0.29, 0.717) is 19.5 Å². The zero-order valence-corrected chi connectivity index (χ0v) is 10.9. The topological polar surface area (TPSA) is 69.8 Å². The summed E-state index contributed by atoms with van der Waals surface area (Å²) in [7, 11) is 0. The SMILES string of the molecule is CCNC(C)c1cccn1CC(=O)NCCC#N. The van der Waals surface area contributed by atoms with Crippen LogP contribution in [0.5, 0.6) is 0 Å². The first kappa shape index (κ1) is 14.3. The van der Waals surface area contributed by atoms with Crippen LogP contribution in [-0.4, -0.2) is 23.6 Å². The Labute approximate surface area is 108 Å². The molecule has 0 radical (unpaired) electrons. The molecule has 1 aromatic heterocycles. The van der Waals surface area contributed by atoms with Crippen LogP contribution < -0.4 is 10.6 Å². The minimum Gasteiger partial charge on any atom is -0.354 e. The lowest BCUT2D eigenvalue weighted by molar-refractivity contribution is -0.121. The van der Waals surface area contributed by atoms with Crippen LogP contribution in [0, 0.1) is 11.3 Å². The molecule has 5 heteroatoms. The summed E-state index contributed by atoms with van der Waals surface area (Å²) in [5, 5.41) is 14.4. The molecule has 1 unspecified atom stereocenters. The van der Waals surface area contributed by atoms with Crippen LogP contribution in [0.15, 0.2) is 18.3 Å². The van der Waals surface area contributed by atoms with Gasteiger partial charge in [0.05, 0.1) is 12.5 Å². The van der Waals surface area contributed by atoms with Gasteiger partial charge in [-0.3, -0.25) is 4.79 Å². The van der Waals surface area contributed by atoms with Crippen molar-refractivity contribution < 1.29 is 4.79 Å². The van der Waals surface area contributed by atoms with Gasteiger partial charge in [-0.2, -0.15) is 5.26 Å². The van der Waals surface area contributed by atoms with E-state index in [1.165, 1.54) is 0 Å². The Morgan fingerprint density at radius 2 is 2.39 bits per heavy atom. The quantitative estimate of drug-likeness (QED) is 0.712. The lowest BCUT2D eigenvalue weighted by Crippen LogP contribution is -2.30. The number of amides is 1. The normalized spacial score (nSPS) is 11.8. The van der Waals surface area contributed by atoms with Crippen molar-refractivity contribution in [1.29, 1.82) is 5.26 Å². The molecule has 1 atom stereocenters. The zero-order valence-electron chi connectivity index (χ0n) is 10.9. The second-order valence-electron chi connectivity index (χ2n) is 4.10. The number of aromatic nitrogens is 1. The number of rotatable bonds is 7. The van der Waals surface area contributed by atoms with Gasteiger partial charge in [-0.05, 0) is 25.6 Å². The Morgan fingerprint density at radius 3 is 3.06 bits per heavy atom. The molecule has 1 heterocycles. The molecule has 1 aromatic rings. The third-order valence-electron chi connectivity index (χ3n) is 2.69. The molecule has 0 saturated heterocycles. The Kier molecular flexibility index (Phi) is 5.95. The minimum absolute atomic E-state index is 0.0635. The van der Waals surface area contributed by atoms with Gasteiger partial charge in [0, 0.05) is 24.5 Å². The highest BCUT2D eigenvalue weighted by Crippen LogP contribution is 2.12. The lowest BCUT2D eigenvalue weighted by atomic mass is 10.2. The number of carbonyl (C=O) groups excluding carboxylic acids is 1. The van der Waals surface area contributed by atoms with Crippen LogP contribution in [-0.2, 0) is 11.3 Å². The van der Waals surface area contributed by atoms with Gasteiger partial charge in [0.2, 0.25) is 5.91 Å².